The number of aliphatic hydroxyl groups excluding tert-OH is 1. The summed E-state index contributed by atoms with van der Waals surface area (Å²) in [5, 5.41) is 12.8. The Morgan fingerprint density at radius 2 is 2.05 bits per heavy atom. The van der Waals surface area contributed by atoms with Crippen LogP contribution in [0.25, 0.3) is 5.57 Å². The number of alkyl halides is 3. The number of aliphatic hydroxyl groups is 1. The monoisotopic (exact) mass is 571 g/mol. The third-order valence-corrected chi connectivity index (χ3v) is 9.11. The highest BCUT2D eigenvalue weighted by atomic mass is 32.1. The summed E-state index contributed by atoms with van der Waals surface area (Å²) in [6.45, 7) is 1.50. The highest BCUT2D eigenvalue weighted by Crippen LogP contribution is 2.54. The van der Waals surface area contributed by atoms with Gasteiger partial charge in [-0.15, -0.1) is 11.3 Å². The lowest BCUT2D eigenvalue weighted by Gasteiger charge is -2.24. The van der Waals surface area contributed by atoms with Crippen LogP contribution in [0.5, 0.6) is 0 Å². The lowest BCUT2D eigenvalue weighted by molar-refractivity contribution is -0.142. The number of aromatic amines is 1. The molecule has 0 saturated heterocycles. The molecule has 1 fully saturated rings. The second-order valence-corrected chi connectivity index (χ2v) is 11.5. The van der Waals surface area contributed by atoms with Crippen LogP contribution in [0.3, 0.4) is 0 Å². The van der Waals surface area contributed by atoms with Gasteiger partial charge in [-0.3, -0.25) is 9.59 Å². The molecule has 210 valence electrons. The van der Waals surface area contributed by atoms with Crippen molar-refractivity contribution in [2.75, 3.05) is 19.8 Å². The fourth-order valence-corrected chi connectivity index (χ4v) is 6.70. The number of amides is 1. The third kappa shape index (κ3) is 5.02. The third-order valence-electron chi connectivity index (χ3n) is 7.98. The molecule has 0 bridgehead atoms. The minimum absolute atomic E-state index is 0.0703. The number of rotatable bonds is 5. The molecule has 6 rings (SSSR count). The highest BCUT2D eigenvalue weighted by molar-refractivity contribution is 7.10. The maximum atomic E-state index is 13.3. The summed E-state index contributed by atoms with van der Waals surface area (Å²) >= 11 is 1.67. The van der Waals surface area contributed by atoms with E-state index in [9.17, 15) is 27.9 Å². The minimum Gasteiger partial charge on any atom is -0.378 e. The fourth-order valence-electron chi connectivity index (χ4n) is 5.51. The van der Waals surface area contributed by atoms with E-state index in [4.69, 9.17) is 9.72 Å². The van der Waals surface area contributed by atoms with E-state index in [1.165, 1.54) is 22.1 Å². The normalized spacial score (nSPS) is 19.4. The lowest BCUT2D eigenvalue weighted by Crippen LogP contribution is -2.36. The Bertz CT molecular complexity index is 1540. The number of carbonyl (C=O) groups excluding carboxylic acids is 1. The van der Waals surface area contributed by atoms with Crippen LogP contribution < -0.4 is 5.56 Å². The number of ether oxygens (including phenoxy) is 1. The van der Waals surface area contributed by atoms with Crippen molar-refractivity contribution in [3.63, 3.8) is 0 Å². The van der Waals surface area contributed by atoms with Gasteiger partial charge in [-0.05, 0) is 72.4 Å². The van der Waals surface area contributed by atoms with Crippen molar-refractivity contribution in [1.82, 2.24) is 14.9 Å². The average molecular weight is 572 g/mol. The number of H-pyrrole nitrogens is 1. The number of halogens is 3. The number of thiophene rings is 1. The van der Waals surface area contributed by atoms with Gasteiger partial charge in [0.05, 0.1) is 42.0 Å². The number of nitrogens with zero attached hydrogens (tertiary/aromatic N) is 2. The first-order chi connectivity index (χ1) is 19.2. The number of hydrogen-bond acceptors (Lipinski definition) is 6. The Hall–Kier alpha value is -3.28. The van der Waals surface area contributed by atoms with Crippen molar-refractivity contribution in [3.8, 4) is 0 Å². The van der Waals surface area contributed by atoms with E-state index in [2.05, 4.69) is 22.5 Å². The summed E-state index contributed by atoms with van der Waals surface area (Å²) in [5.41, 5.74) is 1.67. The number of nitrogens with one attached hydrogen (secondary N) is 1. The average Bonchev–Trinajstić information content (AvgIpc) is 3.67. The van der Waals surface area contributed by atoms with E-state index < -0.39 is 23.8 Å². The summed E-state index contributed by atoms with van der Waals surface area (Å²) in [7, 11) is 0. The van der Waals surface area contributed by atoms with E-state index >= 15 is 0 Å². The lowest BCUT2D eigenvalue weighted by atomic mass is 9.99. The predicted octanol–water partition coefficient (Wildman–Crippen LogP) is 4.74. The summed E-state index contributed by atoms with van der Waals surface area (Å²) < 4.78 is 44.8. The van der Waals surface area contributed by atoms with Crippen molar-refractivity contribution in [2.45, 2.75) is 56.3 Å². The Kier molecular flexibility index (Phi) is 6.92. The van der Waals surface area contributed by atoms with Crippen LogP contribution in [-0.4, -0.2) is 45.6 Å². The number of fused-ring (bicyclic) bond motifs is 1. The Labute approximate surface area is 232 Å². The van der Waals surface area contributed by atoms with Gasteiger partial charge in [0, 0.05) is 11.4 Å². The summed E-state index contributed by atoms with van der Waals surface area (Å²) in [5.74, 6) is -0.114. The highest BCUT2D eigenvalue weighted by Gasteiger charge is 2.50. The molecule has 3 aliphatic rings. The predicted molar refractivity (Wildman–Crippen MR) is 143 cm³/mol. The van der Waals surface area contributed by atoms with Gasteiger partial charge in [0.2, 0.25) is 0 Å². The van der Waals surface area contributed by atoms with Crippen molar-refractivity contribution in [1.29, 1.82) is 0 Å². The molecule has 3 aromatic rings. The SMILES string of the molecule is O=C([C@H](O)c1cccc(C(F)(F)F)c1)N1CCCc2nc(C3(c4cc(C5=CCOCC5)cs4)CC3)[nH]c(=O)c2C1. The Balaban J connectivity index is 1.24. The standard InChI is InChI=1S/C29H28F3N3O4S/c30-29(31,32)20-4-1-3-18(13-20)24(36)26(38)35-10-2-5-22-21(15-35)25(37)34-27(33-22)28(8-9-28)23-14-19(16-40-23)17-6-11-39-12-7-17/h1,3-4,6,13-14,16,24,36H,2,5,7-12,15H2,(H,33,34,37)/t24-/m1/s1. The molecule has 0 spiro atoms. The summed E-state index contributed by atoms with van der Waals surface area (Å²) in [6.07, 6.45) is -0.643. The molecule has 0 radical (unpaired) electrons. The molecule has 1 aliphatic carbocycles. The zero-order chi connectivity index (χ0) is 28.1. The first-order valence-electron chi connectivity index (χ1n) is 13.3. The zero-order valence-electron chi connectivity index (χ0n) is 21.6. The van der Waals surface area contributed by atoms with Crippen LogP contribution in [0.4, 0.5) is 13.2 Å². The molecular formula is C29H28F3N3O4S. The van der Waals surface area contributed by atoms with Crippen LogP contribution in [0.2, 0.25) is 0 Å². The summed E-state index contributed by atoms with van der Waals surface area (Å²) in [4.78, 5) is 36.8. The van der Waals surface area contributed by atoms with Crippen LogP contribution in [-0.2, 0) is 34.1 Å². The van der Waals surface area contributed by atoms with Gasteiger partial charge >= 0.3 is 6.18 Å². The molecule has 2 aliphatic heterocycles. The summed E-state index contributed by atoms with van der Waals surface area (Å²) in [6, 6.07) is 6.30. The number of benzene rings is 1. The Morgan fingerprint density at radius 3 is 2.77 bits per heavy atom. The Morgan fingerprint density at radius 1 is 1.23 bits per heavy atom. The van der Waals surface area contributed by atoms with E-state index in [0.29, 0.717) is 43.1 Å². The number of aromatic nitrogens is 2. The first kappa shape index (κ1) is 26.9. The number of carbonyl (C=O) groups is 1. The minimum atomic E-state index is -4.59. The molecule has 7 nitrogen and oxygen atoms in total. The van der Waals surface area contributed by atoms with E-state index in [1.807, 2.05) is 0 Å². The maximum Gasteiger partial charge on any atom is 0.416 e. The largest absolute Gasteiger partial charge is 0.416 e. The smallest absolute Gasteiger partial charge is 0.378 e. The van der Waals surface area contributed by atoms with Crippen molar-refractivity contribution in [2.24, 2.45) is 0 Å². The molecule has 4 heterocycles. The van der Waals surface area contributed by atoms with Gasteiger partial charge in [-0.2, -0.15) is 13.2 Å². The van der Waals surface area contributed by atoms with Gasteiger partial charge < -0.3 is 19.7 Å². The topological polar surface area (TPSA) is 95.5 Å². The van der Waals surface area contributed by atoms with Gasteiger partial charge in [0.1, 0.15) is 5.82 Å². The van der Waals surface area contributed by atoms with E-state index in [1.54, 1.807) is 11.3 Å². The molecule has 2 N–H and O–H groups in total. The van der Waals surface area contributed by atoms with Gasteiger partial charge in [-0.25, -0.2) is 4.98 Å². The van der Waals surface area contributed by atoms with Crippen molar-refractivity contribution in [3.05, 3.63) is 90.8 Å². The van der Waals surface area contributed by atoms with E-state index in [-0.39, 0.29) is 29.6 Å². The van der Waals surface area contributed by atoms with Crippen LogP contribution in [0, 0.1) is 0 Å². The molecule has 1 atom stereocenters. The van der Waals surface area contributed by atoms with Crippen molar-refractivity contribution >= 4 is 22.8 Å². The molecule has 40 heavy (non-hydrogen) atoms. The molecular weight excluding hydrogens is 543 g/mol. The number of aryl methyl sites for hydroxylation is 1. The molecule has 0 unspecified atom stereocenters. The quantitative estimate of drug-likeness (QED) is 0.461. The van der Waals surface area contributed by atoms with E-state index in [0.717, 1.165) is 42.3 Å². The van der Waals surface area contributed by atoms with Gasteiger partial charge in [0.25, 0.3) is 11.5 Å². The molecule has 1 aromatic carbocycles. The molecule has 2 aromatic heterocycles. The molecule has 11 heteroatoms. The second-order valence-electron chi connectivity index (χ2n) is 10.6. The van der Waals surface area contributed by atoms with Crippen molar-refractivity contribution < 1.29 is 27.8 Å². The van der Waals surface area contributed by atoms with Crippen LogP contribution in [0.15, 0.2) is 46.6 Å². The van der Waals surface area contributed by atoms with Crippen LogP contribution in [0.1, 0.15) is 70.4 Å². The molecule has 1 saturated carbocycles. The number of hydrogen-bond donors (Lipinski definition) is 2. The first-order valence-corrected chi connectivity index (χ1v) is 14.2. The van der Waals surface area contributed by atoms with Gasteiger partial charge in [0.15, 0.2) is 6.10 Å². The maximum absolute atomic E-state index is 13.3. The fraction of sp³-hybridized carbons (Fsp3) is 0.414. The zero-order valence-corrected chi connectivity index (χ0v) is 22.4. The van der Waals surface area contributed by atoms with Gasteiger partial charge in [-0.1, -0.05) is 18.2 Å². The second kappa shape index (κ2) is 10.3. The van der Waals surface area contributed by atoms with Crippen LogP contribution >= 0.6 is 11.3 Å². The molecule has 1 amide bonds.